The number of phenolic OH excluding ortho intramolecular Hbond substituents is 1. The number of hydrogen-bond donors (Lipinski definition) is 1. The number of likely N-dealkylation sites (tertiary alicyclic amines) is 1. The van der Waals surface area contributed by atoms with E-state index in [9.17, 15) is 13.5 Å². The van der Waals surface area contributed by atoms with Gasteiger partial charge in [0.1, 0.15) is 5.75 Å². The highest BCUT2D eigenvalue weighted by Crippen LogP contribution is 2.32. The van der Waals surface area contributed by atoms with Gasteiger partial charge in [-0.1, -0.05) is 22.7 Å². The monoisotopic (exact) mass is 353 g/mol. The molecule has 1 atom stereocenters. The lowest BCUT2D eigenvalue weighted by molar-refractivity contribution is 0.195. The molecule has 0 amide bonds. The molecule has 3 rings (SSSR count). The molecule has 1 aliphatic rings. The fourth-order valence-electron chi connectivity index (χ4n) is 3.00. The van der Waals surface area contributed by atoms with Crippen LogP contribution < -0.4 is 0 Å². The Morgan fingerprint density at radius 3 is 2.91 bits per heavy atom. The summed E-state index contributed by atoms with van der Waals surface area (Å²) >= 11 is 0.950. The average molecular weight is 353 g/mol. The Kier molecular flexibility index (Phi) is 4.65. The maximum absolute atomic E-state index is 11.9. The highest BCUT2D eigenvalue weighted by atomic mass is 32.2. The van der Waals surface area contributed by atoms with E-state index in [0.717, 1.165) is 43.0 Å². The number of aromatic nitrogens is 2. The van der Waals surface area contributed by atoms with Crippen LogP contribution in [-0.2, 0) is 16.4 Å². The van der Waals surface area contributed by atoms with E-state index >= 15 is 0 Å². The van der Waals surface area contributed by atoms with E-state index in [1.165, 1.54) is 6.26 Å². The zero-order chi connectivity index (χ0) is 16.4. The highest BCUT2D eigenvalue weighted by molar-refractivity contribution is 7.92. The highest BCUT2D eigenvalue weighted by Gasteiger charge is 2.29. The molecule has 0 spiro atoms. The van der Waals surface area contributed by atoms with Crippen LogP contribution in [-0.4, -0.2) is 47.4 Å². The topological polar surface area (TPSA) is 83.4 Å². The molecule has 2 aromatic rings. The molecule has 2 heterocycles. The summed E-state index contributed by atoms with van der Waals surface area (Å²) < 4.78 is 27.8. The molecule has 0 saturated carbocycles. The lowest BCUT2D eigenvalue weighted by Crippen LogP contribution is -2.34. The van der Waals surface area contributed by atoms with E-state index in [1.807, 2.05) is 12.1 Å². The normalized spacial score (nSPS) is 19.8. The van der Waals surface area contributed by atoms with Crippen molar-refractivity contribution in [3.8, 4) is 5.75 Å². The Balaban J connectivity index is 1.77. The number of para-hydroxylation sites is 1. The Labute approximate surface area is 139 Å². The predicted octanol–water partition coefficient (Wildman–Crippen LogP) is 2.03. The molecule has 1 unspecified atom stereocenters. The van der Waals surface area contributed by atoms with Gasteiger partial charge in [-0.15, -0.1) is 5.10 Å². The first-order valence-corrected chi connectivity index (χ1v) is 10.1. The molecule has 23 heavy (non-hydrogen) atoms. The molecule has 8 heteroatoms. The van der Waals surface area contributed by atoms with Gasteiger partial charge in [0.25, 0.3) is 0 Å². The molecule has 1 N–H and O–H groups in total. The van der Waals surface area contributed by atoms with Gasteiger partial charge in [-0.3, -0.25) is 4.90 Å². The number of rotatable bonds is 4. The first-order valence-electron chi connectivity index (χ1n) is 7.46. The van der Waals surface area contributed by atoms with Crippen LogP contribution in [0, 0.1) is 0 Å². The maximum atomic E-state index is 11.9. The molecule has 0 radical (unpaired) electrons. The van der Waals surface area contributed by atoms with Crippen molar-refractivity contribution in [1.29, 1.82) is 0 Å². The van der Waals surface area contributed by atoms with E-state index in [4.69, 9.17) is 0 Å². The quantitative estimate of drug-likeness (QED) is 0.905. The summed E-state index contributed by atoms with van der Waals surface area (Å²) in [5.74, 6) is 0.361. The van der Waals surface area contributed by atoms with Crippen LogP contribution in [0.4, 0.5) is 0 Å². The number of piperidine rings is 1. The van der Waals surface area contributed by atoms with E-state index in [2.05, 4.69) is 14.5 Å². The van der Waals surface area contributed by atoms with Gasteiger partial charge >= 0.3 is 0 Å². The van der Waals surface area contributed by atoms with Gasteiger partial charge in [-0.05, 0) is 25.5 Å². The van der Waals surface area contributed by atoms with Crippen molar-refractivity contribution in [3.63, 3.8) is 0 Å². The minimum atomic E-state index is -3.29. The zero-order valence-electron chi connectivity index (χ0n) is 12.8. The van der Waals surface area contributed by atoms with Crippen LogP contribution in [0.15, 0.2) is 28.5 Å². The largest absolute Gasteiger partial charge is 0.508 e. The summed E-state index contributed by atoms with van der Waals surface area (Å²) in [6.45, 7) is 2.30. The van der Waals surface area contributed by atoms with Gasteiger partial charge < -0.3 is 5.11 Å². The summed E-state index contributed by atoms with van der Waals surface area (Å²) in [7, 11) is -3.29. The molecular formula is C15H19N3O3S2. The molecule has 1 fully saturated rings. The van der Waals surface area contributed by atoms with E-state index < -0.39 is 9.84 Å². The standard InChI is InChI=1S/C15H19N3O3S2/c1-23(20,21)15-14(16-17-22-15)12-6-4-8-18(10-12)9-11-5-2-3-7-13(11)19/h2-3,5,7,12,19H,4,6,8-10H2,1H3. The molecule has 1 aromatic carbocycles. The maximum Gasteiger partial charge on any atom is 0.188 e. The van der Waals surface area contributed by atoms with E-state index in [-0.39, 0.29) is 10.1 Å². The van der Waals surface area contributed by atoms with Crippen LogP contribution in [0.2, 0.25) is 0 Å². The third-order valence-electron chi connectivity index (χ3n) is 4.10. The molecule has 0 bridgehead atoms. The summed E-state index contributed by atoms with van der Waals surface area (Å²) in [5, 5.41) is 14.0. The molecule has 1 aliphatic heterocycles. The second-order valence-electron chi connectivity index (χ2n) is 5.92. The molecule has 1 aromatic heterocycles. The molecule has 1 saturated heterocycles. The van der Waals surface area contributed by atoms with Crippen molar-refractivity contribution in [3.05, 3.63) is 35.5 Å². The lowest BCUT2D eigenvalue weighted by atomic mass is 9.95. The minimum Gasteiger partial charge on any atom is -0.508 e. The molecule has 6 nitrogen and oxygen atoms in total. The smallest absolute Gasteiger partial charge is 0.188 e. The average Bonchev–Trinajstić information content (AvgIpc) is 3.00. The van der Waals surface area contributed by atoms with Crippen LogP contribution in [0.5, 0.6) is 5.75 Å². The van der Waals surface area contributed by atoms with Gasteiger partial charge in [-0.25, -0.2) is 8.42 Å². The van der Waals surface area contributed by atoms with Crippen molar-refractivity contribution in [2.24, 2.45) is 0 Å². The van der Waals surface area contributed by atoms with Crippen molar-refractivity contribution in [1.82, 2.24) is 14.5 Å². The Hall–Kier alpha value is -1.51. The van der Waals surface area contributed by atoms with Gasteiger partial charge in [0.15, 0.2) is 14.0 Å². The van der Waals surface area contributed by atoms with Gasteiger partial charge in [0.05, 0.1) is 5.69 Å². The first-order chi connectivity index (χ1) is 10.9. The van der Waals surface area contributed by atoms with Crippen molar-refractivity contribution >= 4 is 21.4 Å². The minimum absolute atomic E-state index is 0.0677. The van der Waals surface area contributed by atoms with Crippen LogP contribution in [0.1, 0.15) is 30.0 Å². The number of aromatic hydroxyl groups is 1. The number of nitrogens with zero attached hydrogens (tertiary/aromatic N) is 3. The van der Waals surface area contributed by atoms with Crippen molar-refractivity contribution in [2.75, 3.05) is 19.3 Å². The SMILES string of the molecule is CS(=O)(=O)c1snnc1C1CCCN(Cc2ccccc2O)C1. The summed E-state index contributed by atoms with van der Waals surface area (Å²) in [4.78, 5) is 2.23. The summed E-state index contributed by atoms with van der Waals surface area (Å²) in [5.41, 5.74) is 1.48. The Bertz CT molecular complexity index is 789. The van der Waals surface area contributed by atoms with Crippen LogP contribution in [0.25, 0.3) is 0 Å². The third-order valence-corrected chi connectivity index (χ3v) is 6.65. The summed E-state index contributed by atoms with van der Waals surface area (Å²) in [6.07, 6.45) is 3.08. The number of hydrogen-bond acceptors (Lipinski definition) is 7. The molecular weight excluding hydrogens is 334 g/mol. The van der Waals surface area contributed by atoms with Gasteiger partial charge in [0.2, 0.25) is 0 Å². The lowest BCUT2D eigenvalue weighted by Gasteiger charge is -2.32. The number of benzene rings is 1. The molecule has 0 aliphatic carbocycles. The first kappa shape index (κ1) is 16.4. The van der Waals surface area contributed by atoms with E-state index in [1.54, 1.807) is 12.1 Å². The third kappa shape index (κ3) is 3.70. The van der Waals surface area contributed by atoms with Gasteiger partial charge in [-0.2, -0.15) is 0 Å². The second kappa shape index (κ2) is 6.54. The Morgan fingerprint density at radius 2 is 2.17 bits per heavy atom. The van der Waals surface area contributed by atoms with Crippen LogP contribution >= 0.6 is 11.5 Å². The second-order valence-corrected chi connectivity index (χ2v) is 8.89. The van der Waals surface area contributed by atoms with Gasteiger partial charge in [0, 0.05) is 42.4 Å². The fraction of sp³-hybridized carbons (Fsp3) is 0.467. The number of phenols is 1. The van der Waals surface area contributed by atoms with Crippen molar-refractivity contribution < 1.29 is 13.5 Å². The predicted molar refractivity (Wildman–Crippen MR) is 88.4 cm³/mol. The summed E-state index contributed by atoms with van der Waals surface area (Å²) in [6, 6.07) is 7.30. The fourth-order valence-corrected chi connectivity index (χ4v) is 4.74. The van der Waals surface area contributed by atoms with Crippen molar-refractivity contribution in [2.45, 2.75) is 29.5 Å². The van der Waals surface area contributed by atoms with Crippen LogP contribution in [0.3, 0.4) is 0 Å². The Morgan fingerprint density at radius 1 is 1.39 bits per heavy atom. The molecule has 124 valence electrons. The number of sulfone groups is 1. The van der Waals surface area contributed by atoms with E-state index in [0.29, 0.717) is 18.0 Å². The zero-order valence-corrected chi connectivity index (χ0v) is 14.5.